The zero-order valence-electron chi connectivity index (χ0n) is 16.0. The Morgan fingerprint density at radius 2 is 1.86 bits per heavy atom. The number of amides is 2. The van der Waals surface area contributed by atoms with Crippen LogP contribution in [0.1, 0.15) is 11.6 Å². The highest BCUT2D eigenvalue weighted by Gasteiger charge is 2.26. The van der Waals surface area contributed by atoms with Crippen LogP contribution in [-0.4, -0.2) is 79.8 Å². The molecule has 0 radical (unpaired) electrons. The molecule has 3 heterocycles. The van der Waals surface area contributed by atoms with Crippen LogP contribution in [0.3, 0.4) is 0 Å². The predicted octanol–water partition coefficient (Wildman–Crippen LogP) is 2.05. The molecule has 150 valence electrons. The molecule has 2 fully saturated rings. The van der Waals surface area contributed by atoms with Crippen molar-refractivity contribution in [1.29, 1.82) is 0 Å². The number of rotatable bonds is 5. The lowest BCUT2D eigenvalue weighted by Gasteiger charge is -2.37. The predicted molar refractivity (Wildman–Crippen MR) is 111 cm³/mol. The molecule has 1 aromatic heterocycles. The second-order valence-electron chi connectivity index (χ2n) is 7.05. The number of urea groups is 1. The van der Waals surface area contributed by atoms with Crippen LogP contribution >= 0.6 is 11.3 Å². The topological polar surface area (TPSA) is 60.9 Å². The number of carbonyl (C=O) groups excluding carboxylic acids is 1. The minimum atomic E-state index is 0.0213. The Kier molecular flexibility index (Phi) is 6.41. The van der Waals surface area contributed by atoms with Crippen LogP contribution in [0, 0.1) is 0 Å². The van der Waals surface area contributed by atoms with E-state index in [0.717, 1.165) is 57.6 Å². The average Bonchev–Trinajstić information content (AvgIpc) is 3.30. The summed E-state index contributed by atoms with van der Waals surface area (Å²) in [6.45, 7) is 6.97. The molecule has 1 atom stereocenters. The lowest BCUT2D eigenvalue weighted by molar-refractivity contribution is 0.0164. The van der Waals surface area contributed by atoms with E-state index in [1.54, 1.807) is 11.3 Å². The van der Waals surface area contributed by atoms with Crippen molar-refractivity contribution in [3.05, 3.63) is 47.5 Å². The molecule has 2 aliphatic rings. The van der Waals surface area contributed by atoms with Gasteiger partial charge in [0.1, 0.15) is 0 Å². The number of benzene rings is 1. The van der Waals surface area contributed by atoms with Crippen molar-refractivity contribution >= 4 is 22.5 Å². The highest BCUT2D eigenvalue weighted by Crippen LogP contribution is 2.22. The molecule has 28 heavy (non-hydrogen) atoms. The van der Waals surface area contributed by atoms with Gasteiger partial charge in [-0.3, -0.25) is 4.90 Å². The second-order valence-corrected chi connectivity index (χ2v) is 7.92. The summed E-state index contributed by atoms with van der Waals surface area (Å²) < 4.78 is 5.50. The van der Waals surface area contributed by atoms with Gasteiger partial charge in [-0.2, -0.15) is 0 Å². The minimum absolute atomic E-state index is 0.0213. The molecule has 0 spiro atoms. The summed E-state index contributed by atoms with van der Waals surface area (Å²) in [5, 5.41) is 6.20. The molecule has 2 aromatic rings. The molecular formula is C20H27N5O2S. The smallest absolute Gasteiger partial charge is 0.317 e. The molecule has 2 saturated heterocycles. The number of anilines is 1. The second kappa shape index (κ2) is 9.36. The molecule has 2 amide bonds. The number of nitrogens with one attached hydrogen (secondary N) is 1. The highest BCUT2D eigenvalue weighted by atomic mass is 32.1. The van der Waals surface area contributed by atoms with Crippen molar-refractivity contribution in [3.63, 3.8) is 0 Å². The zero-order valence-corrected chi connectivity index (χ0v) is 16.8. The number of aromatic nitrogens is 1. The first-order chi connectivity index (χ1) is 13.8. The number of nitrogens with zero attached hydrogens (tertiary/aromatic N) is 4. The van der Waals surface area contributed by atoms with Crippen LogP contribution in [-0.2, 0) is 4.74 Å². The summed E-state index contributed by atoms with van der Waals surface area (Å²) >= 11 is 1.65. The third kappa shape index (κ3) is 4.63. The van der Waals surface area contributed by atoms with Gasteiger partial charge in [-0.05, 0) is 5.56 Å². The van der Waals surface area contributed by atoms with Crippen LogP contribution in [0.4, 0.5) is 9.93 Å². The summed E-state index contributed by atoms with van der Waals surface area (Å²) in [5.74, 6) is 0. The van der Waals surface area contributed by atoms with E-state index >= 15 is 0 Å². The molecule has 0 aliphatic carbocycles. The Balaban J connectivity index is 1.32. The minimum Gasteiger partial charge on any atom is -0.379 e. The molecule has 0 bridgehead atoms. The van der Waals surface area contributed by atoms with Gasteiger partial charge in [-0.25, -0.2) is 9.78 Å². The van der Waals surface area contributed by atoms with E-state index in [0.29, 0.717) is 6.54 Å². The van der Waals surface area contributed by atoms with Crippen LogP contribution < -0.4 is 10.2 Å². The largest absolute Gasteiger partial charge is 0.379 e. The van der Waals surface area contributed by atoms with Gasteiger partial charge in [0.15, 0.2) is 5.13 Å². The third-order valence-electron chi connectivity index (χ3n) is 5.37. The van der Waals surface area contributed by atoms with Gasteiger partial charge < -0.3 is 19.9 Å². The fraction of sp³-hybridized carbons (Fsp3) is 0.500. The number of hydrogen-bond acceptors (Lipinski definition) is 6. The molecule has 8 heteroatoms. The van der Waals surface area contributed by atoms with E-state index in [2.05, 4.69) is 44.4 Å². The van der Waals surface area contributed by atoms with Gasteiger partial charge in [-0.15, -0.1) is 11.3 Å². The van der Waals surface area contributed by atoms with Gasteiger partial charge >= 0.3 is 6.03 Å². The van der Waals surface area contributed by atoms with Crippen molar-refractivity contribution in [2.24, 2.45) is 0 Å². The van der Waals surface area contributed by atoms with E-state index in [9.17, 15) is 4.79 Å². The molecular weight excluding hydrogens is 374 g/mol. The maximum absolute atomic E-state index is 12.7. The number of morpholine rings is 1. The number of piperazine rings is 1. The van der Waals surface area contributed by atoms with E-state index < -0.39 is 0 Å². The summed E-state index contributed by atoms with van der Waals surface area (Å²) in [4.78, 5) is 23.7. The number of hydrogen-bond donors (Lipinski definition) is 1. The van der Waals surface area contributed by atoms with Crippen LogP contribution in [0.25, 0.3) is 0 Å². The number of ether oxygens (including phenoxy) is 1. The molecule has 0 unspecified atom stereocenters. The van der Waals surface area contributed by atoms with Crippen molar-refractivity contribution in [2.75, 3.05) is 63.9 Å². The Morgan fingerprint density at radius 1 is 1.11 bits per heavy atom. The third-order valence-corrected chi connectivity index (χ3v) is 6.21. The lowest BCUT2D eigenvalue weighted by atomic mass is 10.0. The van der Waals surface area contributed by atoms with Gasteiger partial charge in [0, 0.05) is 57.4 Å². The molecule has 1 aromatic carbocycles. The SMILES string of the molecule is O=C(NC[C@H](c1ccccc1)N1CCOCC1)N1CCN(c2nccs2)CC1. The van der Waals surface area contributed by atoms with E-state index in [-0.39, 0.29) is 12.1 Å². The van der Waals surface area contributed by atoms with Crippen molar-refractivity contribution in [3.8, 4) is 0 Å². The quantitative estimate of drug-likeness (QED) is 0.831. The lowest BCUT2D eigenvalue weighted by Crippen LogP contribution is -2.53. The number of thiazole rings is 1. The van der Waals surface area contributed by atoms with E-state index in [4.69, 9.17) is 4.74 Å². The Hall–Kier alpha value is -2.16. The monoisotopic (exact) mass is 401 g/mol. The maximum Gasteiger partial charge on any atom is 0.317 e. The van der Waals surface area contributed by atoms with Crippen molar-refractivity contribution < 1.29 is 9.53 Å². The Bertz CT molecular complexity index is 728. The van der Waals surface area contributed by atoms with Gasteiger partial charge in [0.25, 0.3) is 0 Å². The molecule has 1 N–H and O–H groups in total. The van der Waals surface area contributed by atoms with E-state index in [1.807, 2.05) is 22.5 Å². The highest BCUT2D eigenvalue weighted by molar-refractivity contribution is 7.13. The molecule has 7 nitrogen and oxygen atoms in total. The van der Waals surface area contributed by atoms with Crippen LogP contribution in [0.2, 0.25) is 0 Å². The summed E-state index contributed by atoms with van der Waals surface area (Å²) in [7, 11) is 0. The Labute approximate surface area is 169 Å². The first-order valence-corrected chi connectivity index (χ1v) is 10.7. The number of carbonyl (C=O) groups is 1. The van der Waals surface area contributed by atoms with Crippen LogP contribution in [0.15, 0.2) is 41.9 Å². The maximum atomic E-state index is 12.7. The molecule has 4 rings (SSSR count). The molecule has 2 aliphatic heterocycles. The summed E-state index contributed by atoms with van der Waals surface area (Å²) in [6.07, 6.45) is 1.83. The average molecular weight is 402 g/mol. The normalized spacial score (nSPS) is 19.4. The zero-order chi connectivity index (χ0) is 19.2. The first kappa shape index (κ1) is 19.2. The van der Waals surface area contributed by atoms with Gasteiger partial charge in [0.05, 0.1) is 19.3 Å². The fourth-order valence-electron chi connectivity index (χ4n) is 3.79. The van der Waals surface area contributed by atoms with Crippen LogP contribution in [0.5, 0.6) is 0 Å². The van der Waals surface area contributed by atoms with Crippen molar-refractivity contribution in [2.45, 2.75) is 6.04 Å². The van der Waals surface area contributed by atoms with Crippen molar-refractivity contribution in [1.82, 2.24) is 20.1 Å². The first-order valence-electron chi connectivity index (χ1n) is 9.85. The Morgan fingerprint density at radius 3 is 2.54 bits per heavy atom. The van der Waals surface area contributed by atoms with Gasteiger partial charge in [0.2, 0.25) is 0 Å². The fourth-order valence-corrected chi connectivity index (χ4v) is 4.49. The summed E-state index contributed by atoms with van der Waals surface area (Å²) in [6, 6.07) is 10.6. The molecule has 0 saturated carbocycles. The van der Waals surface area contributed by atoms with E-state index in [1.165, 1.54) is 5.56 Å². The van der Waals surface area contributed by atoms with Gasteiger partial charge in [-0.1, -0.05) is 30.3 Å². The summed E-state index contributed by atoms with van der Waals surface area (Å²) in [5.41, 5.74) is 1.23. The standard InChI is InChI=1S/C20H27N5O2S/c26-19(24-7-9-25(10-8-24)20-21-6-15-28-20)22-16-18(17-4-2-1-3-5-17)23-11-13-27-14-12-23/h1-6,15,18H,7-14,16H2,(H,22,26)/t18-/m1/s1.